The molecule has 0 bridgehead atoms. The Kier molecular flexibility index (Phi) is 4.12. The SMILES string of the molecule is c1ccc(CN2CCCC[C@H]2c2ccc3ccccc3c2)cc1. The maximum Gasteiger partial charge on any atom is 0.0351 e. The van der Waals surface area contributed by atoms with Gasteiger partial charge in [-0.2, -0.15) is 0 Å². The van der Waals surface area contributed by atoms with E-state index >= 15 is 0 Å². The average molecular weight is 301 g/mol. The number of piperidine rings is 1. The molecule has 1 aliphatic heterocycles. The zero-order valence-electron chi connectivity index (χ0n) is 13.5. The number of nitrogens with zero attached hydrogens (tertiary/aromatic N) is 1. The number of rotatable bonds is 3. The first-order chi connectivity index (χ1) is 11.4. The molecule has 0 spiro atoms. The first-order valence-corrected chi connectivity index (χ1v) is 8.67. The second-order valence-corrected chi connectivity index (χ2v) is 6.57. The van der Waals surface area contributed by atoms with E-state index in [1.54, 1.807) is 0 Å². The van der Waals surface area contributed by atoms with E-state index in [4.69, 9.17) is 0 Å². The fraction of sp³-hybridized carbons (Fsp3) is 0.273. The molecule has 116 valence electrons. The highest BCUT2D eigenvalue weighted by Gasteiger charge is 2.24. The van der Waals surface area contributed by atoms with Gasteiger partial charge in [0.2, 0.25) is 0 Å². The Bertz CT molecular complexity index is 778. The largest absolute Gasteiger partial charge is 0.292 e. The summed E-state index contributed by atoms with van der Waals surface area (Å²) in [6.07, 6.45) is 3.92. The zero-order valence-corrected chi connectivity index (χ0v) is 13.5. The highest BCUT2D eigenvalue weighted by atomic mass is 15.2. The maximum absolute atomic E-state index is 2.66. The van der Waals surface area contributed by atoms with E-state index in [0.717, 1.165) is 6.54 Å². The molecule has 0 saturated carbocycles. The van der Waals surface area contributed by atoms with Gasteiger partial charge >= 0.3 is 0 Å². The Labute approximate surface area is 138 Å². The summed E-state index contributed by atoms with van der Waals surface area (Å²) in [4.78, 5) is 2.66. The van der Waals surface area contributed by atoms with Crippen molar-refractivity contribution in [2.45, 2.75) is 31.8 Å². The van der Waals surface area contributed by atoms with Crippen LogP contribution in [0.2, 0.25) is 0 Å². The molecule has 1 nitrogen and oxygen atoms in total. The molecule has 4 rings (SSSR count). The quantitative estimate of drug-likeness (QED) is 0.611. The van der Waals surface area contributed by atoms with E-state index in [1.165, 1.54) is 47.7 Å². The first-order valence-electron chi connectivity index (χ1n) is 8.67. The predicted octanol–water partition coefficient (Wildman–Crippen LogP) is 5.57. The average Bonchev–Trinajstić information content (AvgIpc) is 2.63. The number of fused-ring (bicyclic) bond motifs is 1. The third kappa shape index (κ3) is 3.16. The normalized spacial score (nSPS) is 19.0. The van der Waals surface area contributed by atoms with Gasteiger partial charge in [-0.05, 0) is 47.4 Å². The Hall–Kier alpha value is -2.12. The molecule has 0 N–H and O–H groups in total. The summed E-state index contributed by atoms with van der Waals surface area (Å²) >= 11 is 0. The minimum Gasteiger partial charge on any atom is -0.292 e. The topological polar surface area (TPSA) is 3.24 Å². The summed E-state index contributed by atoms with van der Waals surface area (Å²) in [5.74, 6) is 0. The van der Waals surface area contributed by atoms with Gasteiger partial charge in [0.15, 0.2) is 0 Å². The van der Waals surface area contributed by atoms with Gasteiger partial charge in [0, 0.05) is 12.6 Å². The highest BCUT2D eigenvalue weighted by molar-refractivity contribution is 5.83. The van der Waals surface area contributed by atoms with Crippen LogP contribution in [0.3, 0.4) is 0 Å². The van der Waals surface area contributed by atoms with Gasteiger partial charge in [-0.3, -0.25) is 4.90 Å². The van der Waals surface area contributed by atoms with Gasteiger partial charge in [0.1, 0.15) is 0 Å². The molecule has 0 radical (unpaired) electrons. The first kappa shape index (κ1) is 14.5. The molecule has 1 fully saturated rings. The monoisotopic (exact) mass is 301 g/mol. The van der Waals surface area contributed by atoms with Crippen LogP contribution >= 0.6 is 0 Å². The van der Waals surface area contributed by atoms with Crippen LogP contribution in [-0.4, -0.2) is 11.4 Å². The van der Waals surface area contributed by atoms with Crippen LogP contribution in [0.4, 0.5) is 0 Å². The molecule has 23 heavy (non-hydrogen) atoms. The van der Waals surface area contributed by atoms with Crippen molar-refractivity contribution in [3.05, 3.63) is 83.9 Å². The molecule has 1 heterocycles. The Morgan fingerprint density at radius 2 is 1.57 bits per heavy atom. The van der Waals surface area contributed by atoms with Gasteiger partial charge in [0.05, 0.1) is 0 Å². The molecule has 3 aromatic rings. The van der Waals surface area contributed by atoms with Gasteiger partial charge in [0.25, 0.3) is 0 Å². The molecule has 0 amide bonds. The third-order valence-corrected chi connectivity index (χ3v) is 5.00. The van der Waals surface area contributed by atoms with Crippen molar-refractivity contribution in [3.8, 4) is 0 Å². The van der Waals surface area contributed by atoms with Crippen LogP contribution in [0.1, 0.15) is 36.4 Å². The highest BCUT2D eigenvalue weighted by Crippen LogP contribution is 2.33. The van der Waals surface area contributed by atoms with Gasteiger partial charge in [-0.1, -0.05) is 73.2 Å². The summed E-state index contributed by atoms with van der Waals surface area (Å²) in [5.41, 5.74) is 2.89. The van der Waals surface area contributed by atoms with Crippen LogP contribution in [0, 0.1) is 0 Å². The van der Waals surface area contributed by atoms with E-state index in [9.17, 15) is 0 Å². The lowest BCUT2D eigenvalue weighted by molar-refractivity contribution is 0.140. The standard InChI is InChI=1S/C22H23N/c1-2-8-18(9-3-1)17-23-15-7-6-12-22(23)21-14-13-19-10-4-5-11-20(19)16-21/h1-5,8-11,13-14,16,22H,6-7,12,15,17H2/t22-/m0/s1. The lowest BCUT2D eigenvalue weighted by Crippen LogP contribution is -2.32. The molecule has 0 aromatic heterocycles. The fourth-order valence-electron chi connectivity index (χ4n) is 3.79. The molecule has 3 aromatic carbocycles. The van der Waals surface area contributed by atoms with Crippen LogP contribution < -0.4 is 0 Å². The van der Waals surface area contributed by atoms with Crippen molar-refractivity contribution in [2.75, 3.05) is 6.54 Å². The number of hydrogen-bond donors (Lipinski definition) is 0. The minimum absolute atomic E-state index is 0.550. The predicted molar refractivity (Wildman–Crippen MR) is 97.4 cm³/mol. The van der Waals surface area contributed by atoms with Crippen molar-refractivity contribution in [1.82, 2.24) is 4.90 Å². The molecule has 0 unspecified atom stereocenters. The Balaban J connectivity index is 1.63. The van der Waals surface area contributed by atoms with Crippen molar-refractivity contribution in [3.63, 3.8) is 0 Å². The van der Waals surface area contributed by atoms with Crippen LogP contribution in [0.25, 0.3) is 10.8 Å². The summed E-state index contributed by atoms with van der Waals surface area (Å²) < 4.78 is 0. The van der Waals surface area contributed by atoms with E-state index in [1.807, 2.05) is 0 Å². The summed E-state index contributed by atoms with van der Waals surface area (Å²) in [6.45, 7) is 2.25. The molecule has 1 aliphatic rings. The van der Waals surface area contributed by atoms with E-state index in [0.29, 0.717) is 6.04 Å². The van der Waals surface area contributed by atoms with Crippen LogP contribution in [0.15, 0.2) is 72.8 Å². The molecule has 1 atom stereocenters. The second-order valence-electron chi connectivity index (χ2n) is 6.57. The third-order valence-electron chi connectivity index (χ3n) is 5.00. The zero-order chi connectivity index (χ0) is 15.5. The van der Waals surface area contributed by atoms with Gasteiger partial charge in [-0.25, -0.2) is 0 Å². The van der Waals surface area contributed by atoms with Gasteiger partial charge in [-0.15, -0.1) is 0 Å². The number of benzene rings is 3. The summed E-state index contributed by atoms with van der Waals surface area (Å²) in [5, 5.41) is 2.69. The van der Waals surface area contributed by atoms with Crippen LogP contribution in [-0.2, 0) is 6.54 Å². The van der Waals surface area contributed by atoms with Crippen molar-refractivity contribution >= 4 is 10.8 Å². The Morgan fingerprint density at radius 1 is 0.783 bits per heavy atom. The maximum atomic E-state index is 2.66. The van der Waals surface area contributed by atoms with Crippen molar-refractivity contribution < 1.29 is 0 Å². The van der Waals surface area contributed by atoms with Gasteiger partial charge < -0.3 is 0 Å². The summed E-state index contributed by atoms with van der Waals surface area (Å²) in [6, 6.07) is 27.1. The second kappa shape index (κ2) is 6.55. The van der Waals surface area contributed by atoms with E-state index < -0.39 is 0 Å². The fourth-order valence-corrected chi connectivity index (χ4v) is 3.79. The molecule has 0 aliphatic carbocycles. The smallest absolute Gasteiger partial charge is 0.0351 e. The van der Waals surface area contributed by atoms with E-state index in [2.05, 4.69) is 77.7 Å². The molecular formula is C22H23N. The molecular weight excluding hydrogens is 278 g/mol. The lowest BCUT2D eigenvalue weighted by atomic mass is 9.93. The number of likely N-dealkylation sites (tertiary alicyclic amines) is 1. The van der Waals surface area contributed by atoms with Crippen molar-refractivity contribution in [2.24, 2.45) is 0 Å². The summed E-state index contributed by atoms with van der Waals surface area (Å²) in [7, 11) is 0. The van der Waals surface area contributed by atoms with E-state index in [-0.39, 0.29) is 0 Å². The lowest BCUT2D eigenvalue weighted by Gasteiger charge is -2.36. The Morgan fingerprint density at radius 3 is 2.43 bits per heavy atom. The van der Waals surface area contributed by atoms with Crippen molar-refractivity contribution in [1.29, 1.82) is 0 Å². The van der Waals surface area contributed by atoms with Crippen LogP contribution in [0.5, 0.6) is 0 Å². The minimum atomic E-state index is 0.550. The molecule has 1 heteroatoms. The molecule has 1 saturated heterocycles. The number of hydrogen-bond acceptors (Lipinski definition) is 1.